The molecule has 1 amide bonds. The molecule has 0 N–H and O–H groups in total. The van der Waals surface area contributed by atoms with Gasteiger partial charge < -0.3 is 9.47 Å². The summed E-state index contributed by atoms with van der Waals surface area (Å²) < 4.78 is 10.7. The first-order valence-electron chi connectivity index (χ1n) is 7.83. The Labute approximate surface area is 127 Å². The van der Waals surface area contributed by atoms with Gasteiger partial charge in [0.05, 0.1) is 19.4 Å². The van der Waals surface area contributed by atoms with Gasteiger partial charge in [0.15, 0.2) is 0 Å². The Bertz CT molecular complexity index is 487. The zero-order valence-electron chi connectivity index (χ0n) is 13.2. The van der Waals surface area contributed by atoms with Crippen molar-refractivity contribution in [3.05, 3.63) is 23.8 Å². The first kappa shape index (κ1) is 15.7. The van der Waals surface area contributed by atoms with Crippen LogP contribution in [0.15, 0.2) is 18.2 Å². The van der Waals surface area contributed by atoms with Crippen molar-refractivity contribution < 1.29 is 14.3 Å². The van der Waals surface area contributed by atoms with Gasteiger partial charge in [0.1, 0.15) is 5.75 Å². The van der Waals surface area contributed by atoms with E-state index in [0.29, 0.717) is 19.1 Å². The van der Waals surface area contributed by atoms with Gasteiger partial charge in [0.25, 0.3) is 0 Å². The third-order valence-corrected chi connectivity index (χ3v) is 4.11. The maximum atomic E-state index is 12.3. The van der Waals surface area contributed by atoms with E-state index in [0.717, 1.165) is 37.1 Å². The number of amides is 1. The molecule has 0 radical (unpaired) electrons. The minimum absolute atomic E-state index is 0.243. The van der Waals surface area contributed by atoms with Gasteiger partial charge in [-0.2, -0.15) is 0 Å². The minimum Gasteiger partial charge on any atom is -0.497 e. The zero-order valence-corrected chi connectivity index (χ0v) is 13.2. The van der Waals surface area contributed by atoms with Crippen LogP contribution in [0, 0.1) is 0 Å². The van der Waals surface area contributed by atoms with Crippen LogP contribution in [0.1, 0.15) is 51.0 Å². The van der Waals surface area contributed by atoms with Gasteiger partial charge in [-0.1, -0.05) is 26.3 Å². The molecule has 1 aliphatic heterocycles. The molecule has 21 heavy (non-hydrogen) atoms. The molecule has 0 spiro atoms. The van der Waals surface area contributed by atoms with Crippen molar-refractivity contribution >= 4 is 11.8 Å². The number of anilines is 1. The number of benzene rings is 1. The fourth-order valence-corrected chi connectivity index (χ4v) is 2.79. The van der Waals surface area contributed by atoms with Crippen LogP contribution in [0.25, 0.3) is 0 Å². The van der Waals surface area contributed by atoms with E-state index in [-0.39, 0.29) is 6.09 Å². The lowest BCUT2D eigenvalue weighted by Crippen LogP contribution is -2.37. The highest BCUT2D eigenvalue weighted by molar-refractivity contribution is 5.89. The van der Waals surface area contributed by atoms with Crippen molar-refractivity contribution in [2.45, 2.75) is 45.4 Å². The first-order chi connectivity index (χ1) is 10.2. The predicted octanol–water partition coefficient (Wildman–Crippen LogP) is 4.34. The minimum atomic E-state index is -0.243. The fourth-order valence-electron chi connectivity index (χ4n) is 2.79. The number of fused-ring (bicyclic) bond motifs is 1. The van der Waals surface area contributed by atoms with E-state index in [1.54, 1.807) is 12.0 Å². The van der Waals surface area contributed by atoms with Gasteiger partial charge in [-0.3, -0.25) is 4.90 Å². The summed E-state index contributed by atoms with van der Waals surface area (Å²) in [5.41, 5.74) is 2.16. The number of hydrogen-bond acceptors (Lipinski definition) is 3. The number of rotatable bonds is 5. The summed E-state index contributed by atoms with van der Waals surface area (Å²) in [5, 5.41) is 0. The van der Waals surface area contributed by atoms with Crippen LogP contribution < -0.4 is 9.64 Å². The highest BCUT2D eigenvalue weighted by atomic mass is 16.6. The maximum Gasteiger partial charge on any atom is 0.414 e. The number of methoxy groups -OCH3 is 1. The van der Waals surface area contributed by atoms with E-state index < -0.39 is 0 Å². The molecular weight excluding hydrogens is 266 g/mol. The van der Waals surface area contributed by atoms with Crippen LogP contribution in [0.4, 0.5) is 10.5 Å². The summed E-state index contributed by atoms with van der Waals surface area (Å²) in [7, 11) is 1.64. The topological polar surface area (TPSA) is 38.8 Å². The Morgan fingerprint density at radius 3 is 2.86 bits per heavy atom. The Kier molecular flexibility index (Phi) is 5.48. The van der Waals surface area contributed by atoms with E-state index in [2.05, 4.69) is 19.9 Å². The molecule has 1 heterocycles. The van der Waals surface area contributed by atoms with Crippen molar-refractivity contribution in [2.24, 2.45) is 0 Å². The molecule has 1 aliphatic rings. The fraction of sp³-hybridized carbons (Fsp3) is 0.588. The lowest BCUT2D eigenvalue weighted by molar-refractivity contribution is 0.151. The molecule has 0 unspecified atom stereocenters. The Balaban J connectivity index is 2.23. The second kappa shape index (κ2) is 7.34. The predicted molar refractivity (Wildman–Crippen MR) is 84.2 cm³/mol. The van der Waals surface area contributed by atoms with Crippen molar-refractivity contribution in [2.75, 3.05) is 25.2 Å². The molecule has 116 valence electrons. The molecule has 1 aromatic rings. The largest absolute Gasteiger partial charge is 0.497 e. The molecule has 0 fully saturated rings. The number of nitrogens with zero attached hydrogens (tertiary/aromatic N) is 1. The normalized spacial score (nSPS) is 17.3. The van der Waals surface area contributed by atoms with Crippen molar-refractivity contribution in [3.8, 4) is 5.75 Å². The number of carbonyl (C=O) groups is 1. The summed E-state index contributed by atoms with van der Waals surface area (Å²) >= 11 is 0. The number of hydrogen-bond donors (Lipinski definition) is 0. The molecule has 1 atom stereocenters. The summed E-state index contributed by atoms with van der Waals surface area (Å²) in [6.07, 6.45) is 3.75. The summed E-state index contributed by atoms with van der Waals surface area (Å²) in [4.78, 5) is 14.0. The van der Waals surface area contributed by atoms with E-state index >= 15 is 0 Å². The van der Waals surface area contributed by atoms with Crippen LogP contribution in [0.3, 0.4) is 0 Å². The molecular formula is C17H25NO3. The smallest absolute Gasteiger partial charge is 0.414 e. The van der Waals surface area contributed by atoms with Crippen LogP contribution in [0.2, 0.25) is 0 Å². The van der Waals surface area contributed by atoms with Gasteiger partial charge in [0.2, 0.25) is 0 Å². The summed E-state index contributed by atoms with van der Waals surface area (Å²) in [6, 6.07) is 5.99. The zero-order chi connectivity index (χ0) is 15.2. The molecule has 1 aromatic carbocycles. The lowest BCUT2D eigenvalue weighted by Gasteiger charge is -2.33. The van der Waals surface area contributed by atoms with Gasteiger partial charge in [-0.15, -0.1) is 0 Å². The Morgan fingerprint density at radius 2 is 2.19 bits per heavy atom. The van der Waals surface area contributed by atoms with Crippen LogP contribution in [-0.2, 0) is 4.74 Å². The molecule has 4 nitrogen and oxygen atoms in total. The second-order valence-electron chi connectivity index (χ2n) is 5.44. The monoisotopic (exact) mass is 291 g/mol. The Hall–Kier alpha value is -1.71. The van der Waals surface area contributed by atoms with Crippen LogP contribution in [0.5, 0.6) is 5.75 Å². The third kappa shape index (κ3) is 3.49. The highest BCUT2D eigenvalue weighted by Crippen LogP contribution is 2.39. The maximum absolute atomic E-state index is 12.3. The Morgan fingerprint density at radius 1 is 1.38 bits per heavy atom. The quantitative estimate of drug-likeness (QED) is 0.758. The van der Waals surface area contributed by atoms with Gasteiger partial charge >= 0.3 is 6.09 Å². The SMILES string of the molecule is CCCCOC(=O)N1CC[C@@H](CC)c2ccc(OC)cc21. The third-order valence-electron chi connectivity index (χ3n) is 4.11. The number of ether oxygens (including phenoxy) is 2. The standard InChI is InChI=1S/C17H25NO3/c1-4-6-11-21-17(19)18-10-9-13(5-2)15-8-7-14(20-3)12-16(15)18/h7-8,12-13H,4-6,9-11H2,1-3H3/t13-/m1/s1. The van der Waals surface area contributed by atoms with E-state index in [9.17, 15) is 4.79 Å². The number of carbonyl (C=O) groups excluding carboxylic acids is 1. The van der Waals surface area contributed by atoms with E-state index in [4.69, 9.17) is 9.47 Å². The van der Waals surface area contributed by atoms with Gasteiger partial charge in [0, 0.05) is 12.6 Å². The summed E-state index contributed by atoms with van der Waals surface area (Å²) in [5.74, 6) is 1.28. The molecule has 0 saturated carbocycles. The molecule has 0 bridgehead atoms. The highest BCUT2D eigenvalue weighted by Gasteiger charge is 2.29. The molecule has 0 aliphatic carbocycles. The van der Waals surface area contributed by atoms with Crippen molar-refractivity contribution in [1.29, 1.82) is 0 Å². The molecule has 0 aromatic heterocycles. The van der Waals surface area contributed by atoms with Crippen molar-refractivity contribution in [3.63, 3.8) is 0 Å². The van der Waals surface area contributed by atoms with Gasteiger partial charge in [-0.05, 0) is 36.8 Å². The van der Waals surface area contributed by atoms with Gasteiger partial charge in [-0.25, -0.2) is 4.79 Å². The first-order valence-corrected chi connectivity index (χ1v) is 7.83. The summed E-state index contributed by atoms with van der Waals surface area (Å²) in [6.45, 7) is 5.47. The van der Waals surface area contributed by atoms with Crippen LogP contribution >= 0.6 is 0 Å². The molecule has 0 saturated heterocycles. The second-order valence-corrected chi connectivity index (χ2v) is 5.44. The van der Waals surface area contributed by atoms with E-state index in [1.807, 2.05) is 12.1 Å². The van der Waals surface area contributed by atoms with Crippen molar-refractivity contribution in [1.82, 2.24) is 0 Å². The van der Waals surface area contributed by atoms with E-state index in [1.165, 1.54) is 5.56 Å². The lowest BCUT2D eigenvalue weighted by atomic mass is 9.88. The molecule has 4 heteroatoms. The number of unbranched alkanes of at least 4 members (excludes halogenated alkanes) is 1. The average Bonchev–Trinajstić information content (AvgIpc) is 2.53. The van der Waals surface area contributed by atoms with Crippen LogP contribution in [-0.4, -0.2) is 26.4 Å². The average molecular weight is 291 g/mol. The molecule has 2 rings (SSSR count).